The minimum Gasteiger partial charge on any atom is -0.459 e. The molecule has 3 aromatic rings. The largest absolute Gasteiger partial charge is 0.459 e. The van der Waals surface area contributed by atoms with E-state index >= 15 is 0 Å². The molecule has 0 bridgehead atoms. The van der Waals surface area contributed by atoms with E-state index in [0.717, 1.165) is 21.9 Å². The maximum Gasteiger partial charge on any atom is 0.408 e. The van der Waals surface area contributed by atoms with Gasteiger partial charge in [0.25, 0.3) is 0 Å². The fraction of sp³-hybridized carbons (Fsp3) is 0.280. The van der Waals surface area contributed by atoms with Crippen LogP contribution in [0.2, 0.25) is 0 Å². The number of nitrogens with one attached hydrogen (secondary N) is 1. The van der Waals surface area contributed by atoms with Gasteiger partial charge in [-0.05, 0) is 42.7 Å². The molecule has 0 radical (unpaired) electrons. The second-order valence-electron chi connectivity index (χ2n) is 8.13. The van der Waals surface area contributed by atoms with Crippen molar-refractivity contribution >= 4 is 22.8 Å². The van der Waals surface area contributed by atoms with Crippen LogP contribution in [0.3, 0.4) is 0 Å². The maximum atomic E-state index is 12.9. The van der Waals surface area contributed by atoms with Gasteiger partial charge in [-0.1, -0.05) is 72.8 Å². The Bertz CT molecular complexity index is 1000. The van der Waals surface area contributed by atoms with E-state index in [1.807, 2.05) is 72.8 Å². The molecule has 0 fully saturated rings. The molecule has 5 heteroatoms. The minimum atomic E-state index is -0.866. The van der Waals surface area contributed by atoms with Gasteiger partial charge in [-0.25, -0.2) is 9.59 Å². The Hall–Kier alpha value is -3.34. The molecular weight excluding hydrogens is 378 g/mol. The lowest BCUT2D eigenvalue weighted by Crippen LogP contribution is -2.45. The van der Waals surface area contributed by atoms with Crippen molar-refractivity contribution < 1.29 is 19.1 Å². The van der Waals surface area contributed by atoms with E-state index in [4.69, 9.17) is 9.47 Å². The van der Waals surface area contributed by atoms with Crippen molar-refractivity contribution in [1.82, 2.24) is 5.32 Å². The average molecular weight is 405 g/mol. The third-order valence-electron chi connectivity index (χ3n) is 4.50. The second kappa shape index (κ2) is 9.44. The highest BCUT2D eigenvalue weighted by atomic mass is 16.6. The summed E-state index contributed by atoms with van der Waals surface area (Å²) in [6, 6.07) is 22.4. The summed E-state index contributed by atoms with van der Waals surface area (Å²) in [6.45, 7) is 5.47. The number of hydrogen-bond donors (Lipinski definition) is 1. The molecule has 156 valence electrons. The van der Waals surface area contributed by atoms with E-state index in [1.165, 1.54) is 0 Å². The number of ether oxygens (including phenoxy) is 2. The number of hydrogen-bond acceptors (Lipinski definition) is 4. The van der Waals surface area contributed by atoms with Crippen LogP contribution >= 0.6 is 0 Å². The smallest absolute Gasteiger partial charge is 0.408 e. The van der Waals surface area contributed by atoms with Crippen LogP contribution in [0.25, 0.3) is 10.8 Å². The van der Waals surface area contributed by atoms with E-state index in [9.17, 15) is 9.59 Å². The summed E-state index contributed by atoms with van der Waals surface area (Å²) < 4.78 is 10.8. The fourth-order valence-electron chi connectivity index (χ4n) is 3.16. The van der Waals surface area contributed by atoms with Crippen molar-refractivity contribution in [2.75, 3.05) is 0 Å². The van der Waals surface area contributed by atoms with E-state index in [1.54, 1.807) is 20.8 Å². The molecule has 0 aliphatic carbocycles. The first kappa shape index (κ1) is 21.4. The maximum absolute atomic E-state index is 12.9. The number of alkyl carbamates (subject to hydrolysis) is 1. The molecule has 0 unspecified atom stereocenters. The summed E-state index contributed by atoms with van der Waals surface area (Å²) in [7, 11) is 0. The molecule has 0 saturated carbocycles. The third-order valence-corrected chi connectivity index (χ3v) is 4.50. The Morgan fingerprint density at radius 3 is 2.30 bits per heavy atom. The number of rotatable bonds is 6. The zero-order valence-electron chi connectivity index (χ0n) is 17.6. The number of esters is 1. The summed E-state index contributed by atoms with van der Waals surface area (Å²) in [5, 5.41) is 4.79. The first-order chi connectivity index (χ1) is 14.3. The van der Waals surface area contributed by atoms with Crippen molar-refractivity contribution in [2.24, 2.45) is 0 Å². The molecule has 0 spiro atoms. The van der Waals surface area contributed by atoms with Crippen LogP contribution in [0, 0.1) is 0 Å². The number of amides is 1. The summed E-state index contributed by atoms with van der Waals surface area (Å²) in [4.78, 5) is 25.2. The summed E-state index contributed by atoms with van der Waals surface area (Å²) in [6.07, 6.45) is -0.349. The second-order valence-corrected chi connectivity index (χ2v) is 8.13. The molecule has 5 nitrogen and oxygen atoms in total. The molecule has 0 aliphatic heterocycles. The molecule has 0 aliphatic rings. The lowest BCUT2D eigenvalue weighted by Gasteiger charge is -2.23. The Balaban J connectivity index is 1.79. The Morgan fingerprint density at radius 1 is 0.900 bits per heavy atom. The predicted molar refractivity (Wildman–Crippen MR) is 117 cm³/mol. The van der Waals surface area contributed by atoms with Crippen LogP contribution in [0.5, 0.6) is 0 Å². The molecule has 1 atom stereocenters. The molecule has 1 amide bonds. The predicted octanol–water partition coefficient (Wildman–Crippen LogP) is 5.02. The molecule has 3 aromatic carbocycles. The van der Waals surface area contributed by atoms with Crippen LogP contribution in [-0.2, 0) is 27.3 Å². The van der Waals surface area contributed by atoms with Crippen LogP contribution in [-0.4, -0.2) is 23.7 Å². The van der Waals surface area contributed by atoms with Crippen molar-refractivity contribution in [3.63, 3.8) is 0 Å². The first-order valence-electron chi connectivity index (χ1n) is 9.98. The summed E-state index contributed by atoms with van der Waals surface area (Å²) in [5.74, 6) is -0.502. The SMILES string of the molecule is CC(C)(C)OC(=O)N[C@H](Cc1cccc2ccccc12)C(=O)OCc1ccccc1. The highest BCUT2D eigenvalue weighted by Gasteiger charge is 2.26. The summed E-state index contributed by atoms with van der Waals surface area (Å²) >= 11 is 0. The fourth-order valence-corrected chi connectivity index (χ4v) is 3.16. The van der Waals surface area contributed by atoms with Gasteiger partial charge in [0.2, 0.25) is 0 Å². The van der Waals surface area contributed by atoms with E-state index in [0.29, 0.717) is 6.42 Å². The highest BCUT2D eigenvalue weighted by Crippen LogP contribution is 2.20. The first-order valence-corrected chi connectivity index (χ1v) is 9.98. The van der Waals surface area contributed by atoms with E-state index < -0.39 is 23.7 Å². The van der Waals surface area contributed by atoms with Crippen LogP contribution in [0.15, 0.2) is 72.8 Å². The number of carbonyl (C=O) groups excluding carboxylic acids is 2. The number of carbonyl (C=O) groups is 2. The van der Waals surface area contributed by atoms with Crippen molar-refractivity contribution in [3.8, 4) is 0 Å². The molecule has 0 saturated heterocycles. The third kappa shape index (κ3) is 6.08. The van der Waals surface area contributed by atoms with Gasteiger partial charge < -0.3 is 14.8 Å². The zero-order chi connectivity index (χ0) is 21.6. The lowest BCUT2D eigenvalue weighted by atomic mass is 9.99. The van der Waals surface area contributed by atoms with Gasteiger partial charge in [0.05, 0.1) is 0 Å². The Kier molecular flexibility index (Phi) is 6.72. The Labute approximate surface area is 177 Å². The summed E-state index contributed by atoms with van der Waals surface area (Å²) in [5.41, 5.74) is 1.17. The van der Waals surface area contributed by atoms with Crippen LogP contribution in [0.4, 0.5) is 4.79 Å². The van der Waals surface area contributed by atoms with Crippen molar-refractivity contribution in [1.29, 1.82) is 0 Å². The Morgan fingerprint density at radius 2 is 1.57 bits per heavy atom. The van der Waals surface area contributed by atoms with E-state index in [-0.39, 0.29) is 6.61 Å². The standard InChI is InChI=1S/C25H27NO4/c1-25(2,3)30-24(28)26-22(23(27)29-17-18-10-5-4-6-11-18)16-20-14-9-13-19-12-7-8-15-21(19)20/h4-15,22H,16-17H2,1-3H3,(H,26,28)/t22-/m1/s1. The van der Waals surface area contributed by atoms with Crippen molar-refractivity contribution in [2.45, 2.75) is 45.4 Å². The van der Waals surface area contributed by atoms with Gasteiger partial charge in [0, 0.05) is 6.42 Å². The van der Waals surface area contributed by atoms with Gasteiger partial charge in [-0.2, -0.15) is 0 Å². The molecular formula is C25H27NO4. The quantitative estimate of drug-likeness (QED) is 0.585. The average Bonchev–Trinajstić information content (AvgIpc) is 2.71. The van der Waals surface area contributed by atoms with Crippen molar-refractivity contribution in [3.05, 3.63) is 83.9 Å². The van der Waals surface area contributed by atoms with E-state index in [2.05, 4.69) is 5.32 Å². The number of fused-ring (bicyclic) bond motifs is 1. The monoisotopic (exact) mass is 405 g/mol. The van der Waals surface area contributed by atoms with Gasteiger partial charge in [0.1, 0.15) is 18.2 Å². The number of benzene rings is 3. The van der Waals surface area contributed by atoms with Gasteiger partial charge in [-0.3, -0.25) is 0 Å². The molecule has 30 heavy (non-hydrogen) atoms. The van der Waals surface area contributed by atoms with Crippen LogP contribution < -0.4 is 5.32 Å². The molecule has 0 heterocycles. The topological polar surface area (TPSA) is 64.6 Å². The highest BCUT2D eigenvalue weighted by molar-refractivity contribution is 5.87. The van der Waals surface area contributed by atoms with Gasteiger partial charge >= 0.3 is 12.1 Å². The molecule has 0 aromatic heterocycles. The minimum absolute atomic E-state index is 0.141. The molecule has 3 rings (SSSR count). The molecule has 1 N–H and O–H groups in total. The van der Waals surface area contributed by atoms with Gasteiger partial charge in [-0.15, -0.1) is 0 Å². The van der Waals surface area contributed by atoms with Gasteiger partial charge in [0.15, 0.2) is 0 Å². The zero-order valence-corrected chi connectivity index (χ0v) is 17.6. The normalized spacial score (nSPS) is 12.2. The van der Waals surface area contributed by atoms with Crippen LogP contribution in [0.1, 0.15) is 31.9 Å². The lowest BCUT2D eigenvalue weighted by molar-refractivity contribution is -0.147.